The van der Waals surface area contributed by atoms with Crippen molar-refractivity contribution in [2.45, 2.75) is 26.4 Å². The maximum Gasteiger partial charge on any atom is 0.416 e. The fraction of sp³-hybridized carbons (Fsp3) is 0.667. The number of rotatable bonds is 0. The van der Waals surface area contributed by atoms with Crippen molar-refractivity contribution in [1.29, 1.82) is 0 Å². The molecular formula is C9H15N5O2. The molecule has 0 aliphatic carbocycles. The van der Waals surface area contributed by atoms with Gasteiger partial charge in [0, 0.05) is 13.1 Å². The molecular weight excluding hydrogens is 210 g/mol. The Kier molecular flexibility index (Phi) is 2.45. The number of hydrogen-bond acceptors (Lipinski definition) is 5. The lowest BCUT2D eigenvalue weighted by molar-refractivity contribution is 0.0579. The van der Waals surface area contributed by atoms with Gasteiger partial charge in [0.1, 0.15) is 5.60 Å². The first-order valence-electron chi connectivity index (χ1n) is 5.12. The monoisotopic (exact) mass is 225 g/mol. The zero-order chi connectivity index (χ0) is 11.8. The van der Waals surface area contributed by atoms with E-state index in [9.17, 15) is 4.79 Å². The van der Waals surface area contributed by atoms with Gasteiger partial charge < -0.3 is 10.1 Å². The van der Waals surface area contributed by atoms with E-state index in [1.54, 1.807) is 0 Å². The minimum atomic E-state index is -0.508. The van der Waals surface area contributed by atoms with Crippen LogP contribution in [0.2, 0.25) is 0 Å². The fourth-order valence-electron chi connectivity index (χ4n) is 1.42. The molecule has 7 nitrogen and oxygen atoms in total. The standard InChI is InChI=1S/C9H15N5O2/c1-9(2,3)16-8(15)14-5-4-10-6-7(14)12-13-11-6/h4-5H2,1-3H3,(H2,10,11,12,13). The Morgan fingerprint density at radius 3 is 2.88 bits per heavy atom. The molecule has 0 spiro atoms. The van der Waals surface area contributed by atoms with Crippen molar-refractivity contribution >= 4 is 17.7 Å². The Bertz CT molecular complexity index is 395. The van der Waals surface area contributed by atoms with Crippen LogP contribution in [0.3, 0.4) is 0 Å². The molecule has 2 heterocycles. The van der Waals surface area contributed by atoms with Crippen LogP contribution in [0.5, 0.6) is 0 Å². The van der Waals surface area contributed by atoms with Crippen LogP contribution < -0.4 is 10.2 Å². The van der Waals surface area contributed by atoms with Gasteiger partial charge in [-0.15, -0.1) is 10.2 Å². The maximum atomic E-state index is 11.9. The number of H-pyrrole nitrogens is 1. The molecule has 0 saturated carbocycles. The Hall–Kier alpha value is -1.79. The third kappa shape index (κ3) is 2.07. The first-order valence-corrected chi connectivity index (χ1v) is 5.12. The van der Waals surface area contributed by atoms with E-state index in [4.69, 9.17) is 4.74 Å². The number of anilines is 2. The number of fused-ring (bicyclic) bond motifs is 1. The second-order valence-corrected chi connectivity index (χ2v) is 4.55. The van der Waals surface area contributed by atoms with Gasteiger partial charge in [-0.3, -0.25) is 4.90 Å². The summed E-state index contributed by atoms with van der Waals surface area (Å²) < 4.78 is 5.28. The van der Waals surface area contributed by atoms with Gasteiger partial charge in [-0.05, 0) is 20.8 Å². The molecule has 0 unspecified atom stereocenters. The summed E-state index contributed by atoms with van der Waals surface area (Å²) in [7, 11) is 0. The summed E-state index contributed by atoms with van der Waals surface area (Å²) in [6.07, 6.45) is -0.399. The summed E-state index contributed by atoms with van der Waals surface area (Å²) in [6.45, 7) is 6.65. The Labute approximate surface area is 93.2 Å². The number of aromatic amines is 1. The molecule has 1 aromatic rings. The summed E-state index contributed by atoms with van der Waals surface area (Å²) in [5, 5.41) is 13.3. The van der Waals surface area contributed by atoms with Crippen molar-refractivity contribution < 1.29 is 9.53 Å². The largest absolute Gasteiger partial charge is 0.443 e. The molecule has 1 amide bonds. The van der Waals surface area contributed by atoms with Crippen LogP contribution in [0.4, 0.5) is 16.4 Å². The highest BCUT2D eigenvalue weighted by molar-refractivity contribution is 5.90. The molecule has 0 bridgehead atoms. The van der Waals surface area contributed by atoms with E-state index in [0.717, 1.165) is 0 Å². The van der Waals surface area contributed by atoms with Crippen LogP contribution in [0.25, 0.3) is 0 Å². The van der Waals surface area contributed by atoms with Crippen molar-refractivity contribution in [1.82, 2.24) is 15.4 Å². The highest BCUT2D eigenvalue weighted by Gasteiger charge is 2.29. The number of carbonyl (C=O) groups is 1. The summed E-state index contributed by atoms with van der Waals surface area (Å²) in [4.78, 5) is 13.3. The average Bonchev–Trinajstić information content (AvgIpc) is 2.61. The predicted octanol–water partition coefficient (Wildman–Crippen LogP) is 0.972. The van der Waals surface area contributed by atoms with Gasteiger partial charge in [-0.1, -0.05) is 0 Å². The quantitative estimate of drug-likeness (QED) is 0.687. The number of aromatic nitrogens is 3. The number of amides is 1. The molecule has 1 aliphatic rings. The van der Waals surface area contributed by atoms with Gasteiger partial charge in [0.05, 0.1) is 0 Å². The lowest BCUT2D eigenvalue weighted by atomic mass is 10.2. The van der Waals surface area contributed by atoms with Crippen LogP contribution in [-0.2, 0) is 4.74 Å². The summed E-state index contributed by atoms with van der Waals surface area (Å²) in [5.41, 5.74) is -0.508. The zero-order valence-electron chi connectivity index (χ0n) is 9.57. The van der Waals surface area contributed by atoms with E-state index < -0.39 is 11.7 Å². The van der Waals surface area contributed by atoms with Gasteiger partial charge in [0.25, 0.3) is 0 Å². The number of nitrogens with zero attached hydrogens (tertiary/aromatic N) is 3. The smallest absolute Gasteiger partial charge is 0.416 e. The second-order valence-electron chi connectivity index (χ2n) is 4.55. The number of hydrogen-bond donors (Lipinski definition) is 2. The lowest BCUT2D eigenvalue weighted by Gasteiger charge is -2.28. The summed E-state index contributed by atoms with van der Waals surface area (Å²) in [6, 6.07) is 0. The second kappa shape index (κ2) is 3.66. The van der Waals surface area contributed by atoms with Crippen molar-refractivity contribution in [2.24, 2.45) is 0 Å². The molecule has 0 fully saturated rings. The highest BCUT2D eigenvalue weighted by Crippen LogP contribution is 2.24. The minimum Gasteiger partial charge on any atom is -0.443 e. The molecule has 0 radical (unpaired) electrons. The van der Waals surface area contributed by atoms with E-state index in [2.05, 4.69) is 20.7 Å². The van der Waals surface area contributed by atoms with E-state index in [-0.39, 0.29) is 0 Å². The van der Waals surface area contributed by atoms with Gasteiger partial charge in [0.15, 0.2) is 5.82 Å². The molecule has 88 valence electrons. The van der Waals surface area contributed by atoms with Crippen molar-refractivity contribution in [2.75, 3.05) is 23.3 Å². The van der Waals surface area contributed by atoms with Crippen LogP contribution in [-0.4, -0.2) is 40.2 Å². The zero-order valence-corrected chi connectivity index (χ0v) is 9.57. The molecule has 0 atom stereocenters. The molecule has 7 heteroatoms. The molecule has 1 aliphatic heterocycles. The Morgan fingerprint density at radius 1 is 1.44 bits per heavy atom. The highest BCUT2D eigenvalue weighted by atomic mass is 16.6. The molecule has 1 aromatic heterocycles. The third-order valence-electron chi connectivity index (χ3n) is 2.03. The fourth-order valence-corrected chi connectivity index (χ4v) is 1.42. The maximum absolute atomic E-state index is 11.9. The average molecular weight is 225 g/mol. The third-order valence-corrected chi connectivity index (χ3v) is 2.03. The first-order chi connectivity index (χ1) is 7.47. The SMILES string of the molecule is CC(C)(C)OC(=O)N1CCNc2n[nH]nc21. The van der Waals surface area contributed by atoms with Gasteiger partial charge in [-0.2, -0.15) is 5.21 Å². The van der Waals surface area contributed by atoms with Crippen LogP contribution in [0, 0.1) is 0 Å². The van der Waals surface area contributed by atoms with Crippen LogP contribution in [0.15, 0.2) is 0 Å². The number of nitrogens with one attached hydrogen (secondary N) is 2. The lowest BCUT2D eigenvalue weighted by Crippen LogP contribution is -2.42. The van der Waals surface area contributed by atoms with Crippen molar-refractivity contribution in [3.05, 3.63) is 0 Å². The topological polar surface area (TPSA) is 83.1 Å². The van der Waals surface area contributed by atoms with E-state index in [1.807, 2.05) is 20.8 Å². The van der Waals surface area contributed by atoms with Gasteiger partial charge in [-0.25, -0.2) is 4.79 Å². The molecule has 0 aromatic carbocycles. The minimum absolute atomic E-state index is 0.399. The molecule has 16 heavy (non-hydrogen) atoms. The van der Waals surface area contributed by atoms with Crippen LogP contribution >= 0.6 is 0 Å². The Balaban J connectivity index is 2.15. The number of carbonyl (C=O) groups excluding carboxylic acids is 1. The van der Waals surface area contributed by atoms with E-state index in [0.29, 0.717) is 24.7 Å². The van der Waals surface area contributed by atoms with Crippen molar-refractivity contribution in [3.63, 3.8) is 0 Å². The van der Waals surface area contributed by atoms with Gasteiger partial charge in [0.2, 0.25) is 5.82 Å². The van der Waals surface area contributed by atoms with Crippen LogP contribution in [0.1, 0.15) is 20.8 Å². The summed E-state index contributed by atoms with van der Waals surface area (Å²) >= 11 is 0. The van der Waals surface area contributed by atoms with Gasteiger partial charge >= 0.3 is 6.09 Å². The first kappa shape index (κ1) is 10.7. The number of ether oxygens (including phenoxy) is 1. The van der Waals surface area contributed by atoms with Crippen molar-refractivity contribution in [3.8, 4) is 0 Å². The normalized spacial score (nSPS) is 15.3. The molecule has 0 saturated heterocycles. The molecule has 2 N–H and O–H groups in total. The van der Waals surface area contributed by atoms with E-state index >= 15 is 0 Å². The predicted molar refractivity (Wildman–Crippen MR) is 58.5 cm³/mol. The summed E-state index contributed by atoms with van der Waals surface area (Å²) in [5.74, 6) is 1.07. The van der Waals surface area contributed by atoms with E-state index in [1.165, 1.54) is 4.90 Å². The molecule has 2 rings (SSSR count). The Morgan fingerprint density at radius 2 is 2.19 bits per heavy atom.